The number of anilines is 1. The molecule has 0 bridgehead atoms. The van der Waals surface area contributed by atoms with E-state index in [9.17, 15) is 18.0 Å². The van der Waals surface area contributed by atoms with Crippen LogP contribution in [0.1, 0.15) is 11.1 Å². The van der Waals surface area contributed by atoms with E-state index < -0.39 is 17.8 Å². The molecule has 4 nitrogen and oxygen atoms in total. The maximum Gasteiger partial charge on any atom is 0.418 e. The van der Waals surface area contributed by atoms with Crippen molar-refractivity contribution in [3.63, 3.8) is 0 Å². The number of halogens is 5. The van der Waals surface area contributed by atoms with Gasteiger partial charge in [-0.2, -0.15) is 13.2 Å². The van der Waals surface area contributed by atoms with Gasteiger partial charge in [0.15, 0.2) is 0 Å². The molecule has 1 N–H and O–H groups in total. The van der Waals surface area contributed by atoms with Crippen molar-refractivity contribution in [3.8, 4) is 0 Å². The fraction of sp³-hybridized carbons (Fsp3) is 0.316. The lowest BCUT2D eigenvalue weighted by atomic mass is 10.1. The largest absolute Gasteiger partial charge is 0.418 e. The number of carbonyl (C=O) groups is 1. The maximum atomic E-state index is 13.1. The number of amides is 2. The normalized spacial score (nSPS) is 15.5. The van der Waals surface area contributed by atoms with Crippen LogP contribution in [-0.4, -0.2) is 42.0 Å². The predicted molar refractivity (Wildman–Crippen MR) is 104 cm³/mol. The first-order chi connectivity index (χ1) is 13.2. The number of nitrogens with one attached hydrogen (secondary N) is 1. The highest BCUT2D eigenvalue weighted by Gasteiger charge is 2.34. The number of piperazine rings is 1. The molecule has 0 atom stereocenters. The molecule has 0 aliphatic carbocycles. The third-order valence-corrected chi connectivity index (χ3v) is 5.26. The van der Waals surface area contributed by atoms with Gasteiger partial charge in [-0.1, -0.05) is 41.4 Å². The number of alkyl halides is 3. The highest BCUT2D eigenvalue weighted by atomic mass is 35.5. The van der Waals surface area contributed by atoms with Crippen LogP contribution in [0.3, 0.4) is 0 Å². The fourth-order valence-corrected chi connectivity index (χ4v) is 3.36. The van der Waals surface area contributed by atoms with Crippen LogP contribution >= 0.6 is 23.2 Å². The van der Waals surface area contributed by atoms with Gasteiger partial charge in [-0.3, -0.25) is 4.90 Å². The first-order valence-corrected chi connectivity index (χ1v) is 9.38. The smallest absolute Gasteiger partial charge is 0.322 e. The van der Waals surface area contributed by atoms with Crippen molar-refractivity contribution in [2.24, 2.45) is 0 Å². The van der Waals surface area contributed by atoms with Crippen molar-refractivity contribution in [2.75, 3.05) is 31.5 Å². The molecule has 1 aliphatic rings. The van der Waals surface area contributed by atoms with E-state index in [1.807, 2.05) is 6.07 Å². The highest BCUT2D eigenvalue weighted by molar-refractivity contribution is 6.42. The summed E-state index contributed by atoms with van der Waals surface area (Å²) in [6.45, 7) is 2.70. The van der Waals surface area contributed by atoms with Gasteiger partial charge in [0, 0.05) is 32.7 Å². The molecule has 1 fully saturated rings. The van der Waals surface area contributed by atoms with Gasteiger partial charge in [-0.25, -0.2) is 4.79 Å². The van der Waals surface area contributed by atoms with Crippen molar-refractivity contribution in [1.82, 2.24) is 9.80 Å². The number of nitrogens with zero attached hydrogens (tertiary/aromatic N) is 2. The molecule has 2 amide bonds. The molecular weight excluding hydrogens is 414 g/mol. The van der Waals surface area contributed by atoms with Crippen LogP contribution in [-0.2, 0) is 12.7 Å². The SMILES string of the molecule is O=C(Nc1ccccc1C(F)(F)F)N1CCN(Cc2ccc(Cl)c(Cl)c2)CC1. The van der Waals surface area contributed by atoms with Gasteiger partial charge in [-0.05, 0) is 29.8 Å². The molecule has 0 spiro atoms. The van der Waals surface area contributed by atoms with E-state index in [4.69, 9.17) is 23.2 Å². The second kappa shape index (κ2) is 8.59. The third kappa shape index (κ3) is 5.10. The Bertz CT molecular complexity index is 853. The third-order valence-electron chi connectivity index (χ3n) is 4.52. The van der Waals surface area contributed by atoms with Crippen LogP contribution in [0, 0.1) is 0 Å². The standard InChI is InChI=1S/C19H18Cl2F3N3O/c20-15-6-5-13(11-16(15)21)12-26-7-9-27(10-8-26)18(28)25-17-4-2-1-3-14(17)19(22,23)24/h1-6,11H,7-10,12H2,(H,25,28). The van der Waals surface area contributed by atoms with Crippen LogP contribution in [0.4, 0.5) is 23.7 Å². The Morgan fingerprint density at radius 2 is 1.68 bits per heavy atom. The summed E-state index contributed by atoms with van der Waals surface area (Å²) in [6.07, 6.45) is -4.53. The highest BCUT2D eigenvalue weighted by Crippen LogP contribution is 2.34. The minimum Gasteiger partial charge on any atom is -0.322 e. The summed E-state index contributed by atoms with van der Waals surface area (Å²) in [6, 6.07) is 9.84. The maximum absolute atomic E-state index is 13.1. The van der Waals surface area contributed by atoms with Crippen LogP contribution in [0.2, 0.25) is 10.0 Å². The number of hydrogen-bond acceptors (Lipinski definition) is 2. The van der Waals surface area contributed by atoms with Gasteiger partial charge in [-0.15, -0.1) is 0 Å². The van der Waals surface area contributed by atoms with Crippen LogP contribution in [0.5, 0.6) is 0 Å². The van der Waals surface area contributed by atoms with Gasteiger partial charge < -0.3 is 10.2 Å². The number of rotatable bonds is 3. The molecule has 3 rings (SSSR count). The Kier molecular flexibility index (Phi) is 6.37. The molecule has 1 aliphatic heterocycles. The van der Waals surface area contributed by atoms with Crippen molar-refractivity contribution in [2.45, 2.75) is 12.7 Å². The van der Waals surface area contributed by atoms with E-state index >= 15 is 0 Å². The molecule has 2 aromatic rings. The first kappa shape index (κ1) is 20.8. The summed E-state index contributed by atoms with van der Waals surface area (Å²) in [7, 11) is 0. The van der Waals surface area contributed by atoms with Gasteiger partial charge >= 0.3 is 12.2 Å². The lowest BCUT2D eigenvalue weighted by Crippen LogP contribution is -2.49. The van der Waals surface area contributed by atoms with Gasteiger partial charge in [0.2, 0.25) is 0 Å². The molecule has 0 saturated carbocycles. The van der Waals surface area contributed by atoms with Gasteiger partial charge in [0.1, 0.15) is 0 Å². The Balaban J connectivity index is 1.56. The summed E-state index contributed by atoms with van der Waals surface area (Å²) in [4.78, 5) is 16.0. The lowest BCUT2D eigenvalue weighted by Gasteiger charge is -2.34. The quantitative estimate of drug-likeness (QED) is 0.709. The zero-order valence-corrected chi connectivity index (χ0v) is 16.3. The number of urea groups is 1. The number of hydrogen-bond donors (Lipinski definition) is 1. The molecule has 28 heavy (non-hydrogen) atoms. The van der Waals surface area contributed by atoms with E-state index in [-0.39, 0.29) is 5.69 Å². The molecule has 1 saturated heterocycles. The van der Waals surface area contributed by atoms with E-state index in [2.05, 4.69) is 10.2 Å². The van der Waals surface area contributed by atoms with Crippen LogP contribution in [0.25, 0.3) is 0 Å². The minimum absolute atomic E-state index is 0.238. The Hall–Kier alpha value is -1.96. The van der Waals surface area contributed by atoms with Crippen molar-refractivity contribution in [3.05, 3.63) is 63.6 Å². The molecule has 9 heteroatoms. The Morgan fingerprint density at radius 3 is 2.32 bits per heavy atom. The topological polar surface area (TPSA) is 35.6 Å². The first-order valence-electron chi connectivity index (χ1n) is 8.62. The number of carbonyl (C=O) groups excluding carboxylic acids is 1. The second-order valence-electron chi connectivity index (χ2n) is 6.49. The Labute approximate surface area is 170 Å². The molecular formula is C19H18Cl2F3N3O. The zero-order chi connectivity index (χ0) is 20.3. The molecule has 0 unspecified atom stereocenters. The monoisotopic (exact) mass is 431 g/mol. The zero-order valence-electron chi connectivity index (χ0n) is 14.8. The van der Waals surface area contributed by atoms with Gasteiger partial charge in [0.25, 0.3) is 0 Å². The lowest BCUT2D eigenvalue weighted by molar-refractivity contribution is -0.136. The molecule has 0 aromatic heterocycles. The summed E-state index contributed by atoms with van der Waals surface area (Å²) in [5.41, 5.74) is -0.0914. The summed E-state index contributed by atoms with van der Waals surface area (Å²) >= 11 is 11.9. The van der Waals surface area contributed by atoms with E-state index in [1.165, 1.54) is 23.1 Å². The van der Waals surface area contributed by atoms with Crippen LogP contribution in [0.15, 0.2) is 42.5 Å². The van der Waals surface area contributed by atoms with Crippen molar-refractivity contribution >= 4 is 34.9 Å². The molecule has 0 radical (unpaired) electrons. The minimum atomic E-state index is -4.53. The number of para-hydroxylation sites is 1. The Morgan fingerprint density at radius 1 is 1.00 bits per heavy atom. The van der Waals surface area contributed by atoms with Gasteiger partial charge in [0.05, 0.1) is 21.3 Å². The predicted octanol–water partition coefficient (Wildman–Crippen LogP) is 5.36. The van der Waals surface area contributed by atoms with E-state index in [0.29, 0.717) is 42.8 Å². The average Bonchev–Trinajstić information content (AvgIpc) is 2.65. The van der Waals surface area contributed by atoms with Crippen LogP contribution < -0.4 is 5.32 Å². The summed E-state index contributed by atoms with van der Waals surface area (Å²) in [5.74, 6) is 0. The second-order valence-corrected chi connectivity index (χ2v) is 7.30. The summed E-state index contributed by atoms with van der Waals surface area (Å²) < 4.78 is 39.2. The van der Waals surface area contributed by atoms with E-state index in [0.717, 1.165) is 11.6 Å². The van der Waals surface area contributed by atoms with Crippen molar-refractivity contribution < 1.29 is 18.0 Å². The van der Waals surface area contributed by atoms with Crippen molar-refractivity contribution in [1.29, 1.82) is 0 Å². The van der Waals surface area contributed by atoms with E-state index in [1.54, 1.807) is 12.1 Å². The number of benzene rings is 2. The average molecular weight is 432 g/mol. The summed E-state index contributed by atoms with van der Waals surface area (Å²) in [5, 5.41) is 3.36. The fourth-order valence-electron chi connectivity index (χ4n) is 3.04. The molecule has 150 valence electrons. The molecule has 2 aromatic carbocycles. The molecule has 1 heterocycles.